The number of nitriles is 1. The second-order valence-corrected chi connectivity index (χ2v) is 30.0. The first-order chi connectivity index (χ1) is 55.5. The van der Waals surface area contributed by atoms with Crippen molar-refractivity contribution >= 4 is 11.6 Å². The smallest absolute Gasteiger partial charge is 0.128 e. The number of benzene rings is 6. The Morgan fingerprint density at radius 2 is 0.661 bits per heavy atom. The lowest BCUT2D eigenvalue weighted by Gasteiger charge is -2.16. The number of H-pyrrole nitrogens is 6. The number of methoxy groups -OCH3 is 2. The van der Waals surface area contributed by atoms with Crippen LogP contribution in [-0.2, 0) is 39.3 Å². The van der Waals surface area contributed by atoms with Crippen molar-refractivity contribution < 1.29 is 18.3 Å². The van der Waals surface area contributed by atoms with Gasteiger partial charge in [-0.25, -0.2) is 8.78 Å². The lowest BCUT2D eigenvalue weighted by molar-refractivity contribution is 0.328. The Balaban J connectivity index is 0.000000191. The molecule has 6 heterocycles. The number of aromatic amines is 6. The van der Waals surface area contributed by atoms with E-state index in [0.717, 1.165) is 189 Å². The molecule has 614 valence electrons. The van der Waals surface area contributed by atoms with Gasteiger partial charge in [0, 0.05) is 105 Å². The van der Waals surface area contributed by atoms with Crippen molar-refractivity contribution in [3.05, 3.63) is 236 Å². The number of ether oxygens (including phenoxy) is 2. The SMILES string of the molecule is CCCN(C)Cc1cn[nH]c1-c1cc(C#N)ccc1C.CCCN(C)Cc1cn[nH]c1-c1cc(Cl)ccc1OC.CCCN(C)Cc1cn[nH]c1-c1cc(F)ccc1C.CCCN(C)Cc1cn[nH]c1-c1cc(F)ccc1OC.CCCN(C)Cc1cn[nH]c1-c1ccc(C)cc1.CCCN(C)Cc1cn[nH]c1-c1ccccc1C. The van der Waals surface area contributed by atoms with Crippen molar-refractivity contribution in [3.63, 3.8) is 0 Å². The predicted octanol–water partition coefficient (Wildman–Crippen LogP) is 19.6. The molecule has 0 atom stereocenters. The summed E-state index contributed by atoms with van der Waals surface area (Å²) in [5, 5.41) is 53.0. The molecule has 0 radical (unpaired) electrons. The minimum Gasteiger partial charge on any atom is -0.496 e. The maximum absolute atomic E-state index is 13.5. The van der Waals surface area contributed by atoms with Crippen LogP contribution in [0.4, 0.5) is 8.78 Å². The number of rotatable bonds is 32. The van der Waals surface area contributed by atoms with E-state index in [1.54, 1.807) is 38.6 Å². The molecule has 0 aliphatic heterocycles. The standard InChI is InChI=1S/C16H20N4.C15H20ClN3O.C15H20FN3O.C15H20FN3.2C15H21N3/c1-4-7-20(3)11-14-10-18-19-16(14)15-8-13(9-17)6-5-12(15)2;2*1-4-7-19(2)10-11-9-17-18-15(11)13-8-12(16)5-6-14(13)20-3;1-4-7-19(3)10-12-9-17-18-15(12)14-8-13(16)6-5-11(14)2;1-4-9-18(3)11-14-10-16-17-15(14)13-7-5-12(2)6-8-13;1-4-9-18(3)11-13-10-16-17-15(13)14-8-6-5-7-12(14)2/h5-6,8,10H,4,7,11H2,1-3H3,(H,18,19);2*5-6,8-9H,4,7,10H2,1-3H3,(H,17,18);5-6,8-9H,4,7,10H2,1-3H3,(H,17,18);2*5-8,10H,4,9,11H2,1-3H3,(H,16,17). The molecule has 6 aromatic heterocycles. The van der Waals surface area contributed by atoms with Crippen molar-refractivity contribution in [1.82, 2.24) is 90.6 Å². The molecule has 0 saturated heterocycles. The quantitative estimate of drug-likeness (QED) is 0.0230. The highest BCUT2D eigenvalue weighted by molar-refractivity contribution is 6.31. The highest BCUT2D eigenvalue weighted by Gasteiger charge is 2.20. The summed E-state index contributed by atoms with van der Waals surface area (Å²) >= 11 is 6.10. The Bertz CT molecular complexity index is 4690. The lowest BCUT2D eigenvalue weighted by atomic mass is 10.00. The maximum Gasteiger partial charge on any atom is 0.128 e. The van der Waals surface area contributed by atoms with Crippen LogP contribution in [0.25, 0.3) is 67.5 Å². The van der Waals surface area contributed by atoms with Gasteiger partial charge >= 0.3 is 0 Å². The largest absolute Gasteiger partial charge is 0.496 e. The average Bonchev–Trinajstić information content (AvgIpc) is 1.75. The number of halogens is 3. The summed E-state index contributed by atoms with van der Waals surface area (Å²) in [6, 6.07) is 39.8. The van der Waals surface area contributed by atoms with Gasteiger partial charge in [-0.2, -0.15) is 35.9 Å². The number of aromatic nitrogens is 12. The summed E-state index contributed by atoms with van der Waals surface area (Å²) in [5.74, 6) is 0.916. The van der Waals surface area contributed by atoms with E-state index in [0.29, 0.717) is 21.9 Å². The Morgan fingerprint density at radius 3 is 1.03 bits per heavy atom. The third kappa shape index (κ3) is 28.2. The normalized spacial score (nSPS) is 11.0. The number of nitrogens with zero attached hydrogens (tertiary/aromatic N) is 13. The summed E-state index contributed by atoms with van der Waals surface area (Å²) in [4.78, 5) is 13.6. The molecule has 12 rings (SSSR count). The van der Waals surface area contributed by atoms with Gasteiger partial charge in [0.25, 0.3) is 0 Å². The van der Waals surface area contributed by atoms with Crippen molar-refractivity contribution in [2.24, 2.45) is 0 Å². The van der Waals surface area contributed by atoms with Crippen molar-refractivity contribution in [1.29, 1.82) is 5.26 Å². The summed E-state index contributed by atoms with van der Waals surface area (Å²) in [6.45, 7) is 32.8. The molecule has 0 spiro atoms. The van der Waals surface area contributed by atoms with Gasteiger partial charge < -0.3 is 38.9 Å². The van der Waals surface area contributed by atoms with Crippen LogP contribution in [0.15, 0.2) is 159 Å². The van der Waals surface area contributed by atoms with Crippen molar-refractivity contribution in [2.75, 3.05) is 95.8 Å². The topological polar surface area (TPSA) is 234 Å². The van der Waals surface area contributed by atoms with E-state index in [2.05, 4.69) is 250 Å². The van der Waals surface area contributed by atoms with Crippen LogP contribution < -0.4 is 9.47 Å². The lowest BCUT2D eigenvalue weighted by Crippen LogP contribution is -2.18. The minimum atomic E-state index is -0.289. The molecule has 24 heteroatoms. The molecule has 0 fully saturated rings. The molecule has 6 N–H and O–H groups in total. The average molecular weight is 1590 g/mol. The molecular formula is C91H122ClF2N19O2. The van der Waals surface area contributed by atoms with Crippen molar-refractivity contribution in [2.45, 2.75) is 147 Å². The first-order valence-corrected chi connectivity index (χ1v) is 40.2. The van der Waals surface area contributed by atoms with Gasteiger partial charge in [0.1, 0.15) is 23.1 Å². The Kier molecular flexibility index (Phi) is 38.4. The van der Waals surface area contributed by atoms with Gasteiger partial charge in [-0.1, -0.05) is 119 Å². The molecule has 0 aliphatic carbocycles. The van der Waals surface area contributed by atoms with Crippen LogP contribution in [0.2, 0.25) is 5.02 Å². The van der Waals surface area contributed by atoms with Gasteiger partial charge in [0.05, 0.1) is 97.2 Å². The summed E-state index contributed by atoms with van der Waals surface area (Å²) < 4.78 is 37.6. The summed E-state index contributed by atoms with van der Waals surface area (Å²) in [7, 11) is 15.9. The van der Waals surface area contributed by atoms with E-state index in [1.807, 2.05) is 74.3 Å². The highest BCUT2D eigenvalue weighted by atomic mass is 35.5. The molecule has 0 bridgehead atoms. The molecular weight excluding hydrogens is 1460 g/mol. The zero-order valence-corrected chi connectivity index (χ0v) is 71.8. The summed E-state index contributed by atoms with van der Waals surface area (Å²) in [6.07, 6.45) is 18.0. The third-order valence-corrected chi connectivity index (χ3v) is 19.5. The monoisotopic (exact) mass is 1590 g/mol. The summed E-state index contributed by atoms with van der Waals surface area (Å²) in [5.41, 5.74) is 24.4. The molecule has 0 amide bonds. The predicted molar refractivity (Wildman–Crippen MR) is 466 cm³/mol. The van der Waals surface area contributed by atoms with E-state index < -0.39 is 0 Å². The van der Waals surface area contributed by atoms with Crippen molar-refractivity contribution in [3.8, 4) is 85.1 Å². The Hall–Kier alpha value is -10.4. The van der Waals surface area contributed by atoms with E-state index >= 15 is 0 Å². The molecule has 0 aliphatic rings. The van der Waals surface area contributed by atoms with Gasteiger partial charge in [-0.05, 0) is 231 Å². The van der Waals surface area contributed by atoms with Crippen LogP contribution in [0.1, 0.15) is 141 Å². The van der Waals surface area contributed by atoms with Gasteiger partial charge in [0.15, 0.2) is 0 Å². The van der Waals surface area contributed by atoms with Crippen LogP contribution in [0.3, 0.4) is 0 Å². The first-order valence-electron chi connectivity index (χ1n) is 39.8. The fraction of sp³-hybridized carbons (Fsp3) is 0.396. The van der Waals surface area contributed by atoms with Gasteiger partial charge in [-0.3, -0.25) is 30.6 Å². The maximum atomic E-state index is 13.5. The molecule has 0 saturated carbocycles. The second kappa shape index (κ2) is 48.1. The van der Waals surface area contributed by atoms with Crippen LogP contribution in [-0.4, -0.2) is 186 Å². The fourth-order valence-corrected chi connectivity index (χ4v) is 13.8. The molecule has 0 unspecified atom stereocenters. The zero-order valence-electron chi connectivity index (χ0n) is 71.0. The van der Waals surface area contributed by atoms with Crippen LogP contribution in [0, 0.1) is 50.7 Å². The van der Waals surface area contributed by atoms with E-state index in [-0.39, 0.29) is 11.6 Å². The number of hydrogen-bond donors (Lipinski definition) is 6. The molecule has 12 aromatic rings. The number of aryl methyl sites for hydroxylation is 4. The van der Waals surface area contributed by atoms with Gasteiger partial charge in [0.2, 0.25) is 0 Å². The minimum absolute atomic E-state index is 0.219. The van der Waals surface area contributed by atoms with Crippen LogP contribution in [0.5, 0.6) is 11.5 Å². The van der Waals surface area contributed by atoms with Crippen LogP contribution >= 0.6 is 11.6 Å². The van der Waals surface area contributed by atoms with E-state index in [4.69, 9.17) is 26.3 Å². The highest BCUT2D eigenvalue weighted by Crippen LogP contribution is 2.36. The third-order valence-electron chi connectivity index (χ3n) is 19.3. The van der Waals surface area contributed by atoms with E-state index in [9.17, 15) is 8.78 Å². The number of nitrogens with one attached hydrogen (secondary N) is 6. The Morgan fingerprint density at radius 1 is 0.357 bits per heavy atom. The Labute approximate surface area is 686 Å². The first kappa shape index (κ1) is 91.8. The van der Waals surface area contributed by atoms with E-state index in [1.165, 1.54) is 70.0 Å². The number of hydrogen-bond acceptors (Lipinski definition) is 15. The second-order valence-electron chi connectivity index (χ2n) is 29.5. The van der Waals surface area contributed by atoms with Gasteiger partial charge in [-0.15, -0.1) is 0 Å². The molecule has 21 nitrogen and oxygen atoms in total. The fourth-order valence-electron chi connectivity index (χ4n) is 13.7. The zero-order chi connectivity index (χ0) is 83.3. The molecule has 115 heavy (non-hydrogen) atoms. The molecule has 6 aromatic carbocycles.